The monoisotopic (exact) mass is 684 g/mol. The summed E-state index contributed by atoms with van der Waals surface area (Å²) in [5.41, 5.74) is 3.85. The smallest absolute Gasteiger partial charge is 0.338 e. The Labute approximate surface area is 271 Å². The van der Waals surface area contributed by atoms with Gasteiger partial charge in [-0.05, 0) is 69.9 Å². The third kappa shape index (κ3) is 6.19. The van der Waals surface area contributed by atoms with Crippen LogP contribution in [0.2, 0.25) is 5.02 Å². The molecule has 2 heterocycles. The van der Waals surface area contributed by atoms with Gasteiger partial charge in [-0.3, -0.25) is 9.36 Å². The summed E-state index contributed by atoms with van der Waals surface area (Å²) in [5.74, 6) is 0.168. The molecule has 0 amide bonds. The van der Waals surface area contributed by atoms with Gasteiger partial charge in [0, 0.05) is 10.6 Å². The van der Waals surface area contributed by atoms with Crippen molar-refractivity contribution < 1.29 is 14.3 Å². The summed E-state index contributed by atoms with van der Waals surface area (Å²) in [5, 5.41) is 0.549. The molecule has 0 aliphatic carbocycles. The Kier molecular flexibility index (Phi) is 8.93. The second kappa shape index (κ2) is 13.2. The quantitative estimate of drug-likeness (QED) is 0.166. The third-order valence-electron chi connectivity index (χ3n) is 7.05. The van der Waals surface area contributed by atoms with Crippen molar-refractivity contribution in [3.8, 4) is 5.75 Å². The van der Waals surface area contributed by atoms with Crippen molar-refractivity contribution in [3.05, 3.63) is 160 Å². The Morgan fingerprint density at radius 2 is 1.70 bits per heavy atom. The number of hydrogen-bond acceptors (Lipinski definition) is 6. The Bertz CT molecular complexity index is 2040. The highest BCUT2D eigenvalue weighted by atomic mass is 79.9. The molecule has 0 saturated carbocycles. The standard InChI is InChI=1S/C35H26BrClN2O4S/c1-2-42-34(41)30-31(24-11-7-4-8-12-24)38-35-39(32(30)25-14-16-26(37)17-15-25)33(40)29(44-35)20-23-13-18-28(27(36)19-23)43-21-22-9-5-3-6-10-22/h3-20,32H,2,21H2,1H3/b29-20-/t32-/m0/s1. The molecule has 0 bridgehead atoms. The zero-order valence-electron chi connectivity index (χ0n) is 23.6. The van der Waals surface area contributed by atoms with Crippen molar-refractivity contribution in [2.45, 2.75) is 19.6 Å². The summed E-state index contributed by atoms with van der Waals surface area (Å²) in [7, 11) is 0. The number of hydrogen-bond donors (Lipinski definition) is 0. The van der Waals surface area contributed by atoms with E-state index >= 15 is 0 Å². The summed E-state index contributed by atoms with van der Waals surface area (Å²) in [4.78, 5) is 33.0. The molecule has 44 heavy (non-hydrogen) atoms. The molecular weight excluding hydrogens is 660 g/mol. The van der Waals surface area contributed by atoms with E-state index in [0.717, 1.165) is 26.7 Å². The molecule has 220 valence electrons. The number of aromatic nitrogens is 1. The number of nitrogens with zero attached hydrogens (tertiary/aromatic N) is 2. The lowest BCUT2D eigenvalue weighted by Crippen LogP contribution is -2.40. The molecule has 0 spiro atoms. The molecule has 1 aliphatic heterocycles. The average Bonchev–Trinajstić information content (AvgIpc) is 3.35. The zero-order chi connectivity index (χ0) is 30.6. The summed E-state index contributed by atoms with van der Waals surface area (Å²) >= 11 is 11.1. The first-order valence-electron chi connectivity index (χ1n) is 13.9. The van der Waals surface area contributed by atoms with Gasteiger partial charge >= 0.3 is 5.97 Å². The molecule has 0 radical (unpaired) electrons. The minimum atomic E-state index is -0.763. The fourth-order valence-electron chi connectivity index (χ4n) is 5.01. The van der Waals surface area contributed by atoms with Gasteiger partial charge in [0.25, 0.3) is 5.56 Å². The highest BCUT2D eigenvalue weighted by molar-refractivity contribution is 9.10. The first-order chi connectivity index (χ1) is 21.4. The molecular formula is C35H26BrClN2O4S. The third-order valence-corrected chi connectivity index (χ3v) is 8.90. The predicted molar refractivity (Wildman–Crippen MR) is 177 cm³/mol. The number of carbonyl (C=O) groups is 1. The highest BCUT2D eigenvalue weighted by Crippen LogP contribution is 2.35. The van der Waals surface area contributed by atoms with Crippen LogP contribution in [0.15, 0.2) is 123 Å². The second-order valence-electron chi connectivity index (χ2n) is 9.95. The van der Waals surface area contributed by atoms with E-state index in [1.807, 2.05) is 97.1 Å². The first kappa shape index (κ1) is 29.8. The molecule has 6 rings (SSSR count). The van der Waals surface area contributed by atoms with Gasteiger partial charge < -0.3 is 9.47 Å². The van der Waals surface area contributed by atoms with Gasteiger partial charge in [0.15, 0.2) is 4.80 Å². The van der Waals surface area contributed by atoms with Gasteiger partial charge in [-0.25, -0.2) is 9.79 Å². The fourth-order valence-corrected chi connectivity index (χ4v) is 6.65. The van der Waals surface area contributed by atoms with Crippen molar-refractivity contribution in [3.63, 3.8) is 0 Å². The van der Waals surface area contributed by atoms with Gasteiger partial charge in [0.05, 0.1) is 32.9 Å². The van der Waals surface area contributed by atoms with E-state index in [4.69, 9.17) is 26.1 Å². The van der Waals surface area contributed by atoms with Crippen molar-refractivity contribution >= 4 is 56.6 Å². The molecule has 4 aromatic carbocycles. The molecule has 0 N–H and O–H groups in total. The lowest BCUT2D eigenvalue weighted by Gasteiger charge is -2.25. The molecule has 1 atom stereocenters. The minimum Gasteiger partial charge on any atom is -0.488 e. The van der Waals surface area contributed by atoms with Crippen LogP contribution in [0.1, 0.15) is 35.2 Å². The molecule has 1 aromatic heterocycles. The summed E-state index contributed by atoms with van der Waals surface area (Å²) in [6, 6.07) is 31.5. The predicted octanol–water partition coefficient (Wildman–Crippen LogP) is 6.93. The van der Waals surface area contributed by atoms with Gasteiger partial charge in [0.2, 0.25) is 0 Å². The number of fused-ring (bicyclic) bond motifs is 1. The van der Waals surface area contributed by atoms with Crippen LogP contribution in [-0.4, -0.2) is 17.1 Å². The van der Waals surface area contributed by atoms with Crippen molar-refractivity contribution in [1.29, 1.82) is 0 Å². The van der Waals surface area contributed by atoms with Crippen molar-refractivity contribution in [1.82, 2.24) is 4.57 Å². The van der Waals surface area contributed by atoms with E-state index in [9.17, 15) is 9.59 Å². The first-order valence-corrected chi connectivity index (χ1v) is 15.9. The minimum absolute atomic E-state index is 0.183. The van der Waals surface area contributed by atoms with Crippen molar-refractivity contribution in [2.75, 3.05) is 6.61 Å². The Balaban J connectivity index is 1.47. The largest absolute Gasteiger partial charge is 0.488 e. The zero-order valence-corrected chi connectivity index (χ0v) is 26.7. The van der Waals surface area contributed by atoms with Crippen molar-refractivity contribution in [2.24, 2.45) is 4.99 Å². The maximum Gasteiger partial charge on any atom is 0.338 e. The normalized spacial score (nSPS) is 14.6. The van der Waals surface area contributed by atoms with E-state index < -0.39 is 12.0 Å². The number of thiazole rings is 1. The van der Waals surface area contributed by atoms with Gasteiger partial charge in [-0.15, -0.1) is 0 Å². The van der Waals surface area contributed by atoms with E-state index in [2.05, 4.69) is 15.9 Å². The number of ether oxygens (including phenoxy) is 2. The SMILES string of the molecule is CCOC(=O)C1=C(c2ccccc2)N=c2s/c(=C\c3ccc(OCc4ccccc4)c(Br)c3)c(=O)n2[C@H]1c1ccc(Cl)cc1. The average molecular weight is 686 g/mol. The molecule has 0 fully saturated rings. The summed E-state index contributed by atoms with van der Waals surface area (Å²) in [6.07, 6.45) is 1.82. The van der Waals surface area contributed by atoms with Crippen LogP contribution in [0.3, 0.4) is 0 Å². The van der Waals surface area contributed by atoms with Gasteiger partial charge in [-0.2, -0.15) is 0 Å². The lowest BCUT2D eigenvalue weighted by atomic mass is 9.93. The Morgan fingerprint density at radius 3 is 2.39 bits per heavy atom. The molecule has 1 aliphatic rings. The molecule has 6 nitrogen and oxygen atoms in total. The number of rotatable bonds is 8. The van der Waals surface area contributed by atoms with E-state index in [-0.39, 0.29) is 12.2 Å². The maximum absolute atomic E-state index is 14.1. The molecule has 0 unspecified atom stereocenters. The molecule has 5 aromatic rings. The number of halogens is 2. The molecule has 9 heteroatoms. The van der Waals surface area contributed by atoms with Crippen LogP contribution in [0.4, 0.5) is 0 Å². The van der Waals surface area contributed by atoms with E-state index in [1.165, 1.54) is 11.3 Å². The number of esters is 1. The fraction of sp³-hybridized carbons (Fsp3) is 0.114. The van der Waals surface area contributed by atoms with Crippen LogP contribution >= 0.6 is 38.9 Å². The Morgan fingerprint density at radius 1 is 1.00 bits per heavy atom. The summed E-state index contributed by atoms with van der Waals surface area (Å²) in [6.45, 7) is 2.38. The topological polar surface area (TPSA) is 69.9 Å². The summed E-state index contributed by atoms with van der Waals surface area (Å²) < 4.78 is 14.3. The van der Waals surface area contributed by atoms with Crippen LogP contribution in [0.5, 0.6) is 5.75 Å². The lowest BCUT2D eigenvalue weighted by molar-refractivity contribution is -0.138. The van der Waals surface area contributed by atoms with Gasteiger partial charge in [-0.1, -0.05) is 102 Å². The van der Waals surface area contributed by atoms with Crippen LogP contribution < -0.4 is 19.6 Å². The van der Waals surface area contributed by atoms with E-state index in [1.54, 1.807) is 23.6 Å². The van der Waals surface area contributed by atoms with E-state index in [0.29, 0.717) is 38.0 Å². The second-order valence-corrected chi connectivity index (χ2v) is 12.2. The van der Waals surface area contributed by atoms with Crippen LogP contribution in [-0.2, 0) is 16.1 Å². The maximum atomic E-state index is 14.1. The van der Waals surface area contributed by atoms with Crippen LogP contribution in [0.25, 0.3) is 11.8 Å². The molecule has 0 saturated heterocycles. The van der Waals surface area contributed by atoms with Crippen LogP contribution in [0, 0.1) is 0 Å². The number of carbonyl (C=O) groups excluding carboxylic acids is 1. The van der Waals surface area contributed by atoms with Gasteiger partial charge in [0.1, 0.15) is 12.4 Å². The highest BCUT2D eigenvalue weighted by Gasteiger charge is 2.35. The Hall–Kier alpha value is -4.24. The number of benzene rings is 4.